The first-order chi connectivity index (χ1) is 13.3. The van der Waals surface area contributed by atoms with Crippen LogP contribution in [0, 0.1) is 0 Å². The van der Waals surface area contributed by atoms with Crippen molar-refractivity contribution in [3.05, 3.63) is 59.7 Å². The summed E-state index contributed by atoms with van der Waals surface area (Å²) in [7, 11) is 0. The number of aryl methyl sites for hydroxylation is 1. The Bertz CT molecular complexity index is 663. The molecule has 0 aliphatic heterocycles. The van der Waals surface area contributed by atoms with Crippen molar-refractivity contribution >= 4 is 11.9 Å². The van der Waals surface area contributed by atoms with Crippen LogP contribution in [0.1, 0.15) is 76.3 Å². The zero-order valence-electron chi connectivity index (χ0n) is 17.1. The zero-order chi connectivity index (χ0) is 19.2. The van der Waals surface area contributed by atoms with Crippen molar-refractivity contribution < 1.29 is 4.74 Å². The maximum Gasteiger partial charge on any atom is 0.124 e. The zero-order valence-corrected chi connectivity index (χ0v) is 17.1. The maximum atomic E-state index is 6.09. The van der Waals surface area contributed by atoms with Gasteiger partial charge in [-0.25, -0.2) is 0 Å². The Labute approximate surface area is 165 Å². The molecule has 2 aromatic carbocycles. The highest BCUT2D eigenvalue weighted by Crippen LogP contribution is 2.27. The van der Waals surface area contributed by atoms with Gasteiger partial charge < -0.3 is 4.74 Å². The van der Waals surface area contributed by atoms with Crippen molar-refractivity contribution in [2.24, 2.45) is 4.99 Å². The molecular weight excluding hydrogens is 330 g/mol. The van der Waals surface area contributed by atoms with Crippen molar-refractivity contribution in [1.82, 2.24) is 0 Å². The molecule has 0 bridgehead atoms. The number of benzene rings is 2. The fraction of sp³-hybridized carbons (Fsp3) is 0.480. The largest absolute Gasteiger partial charge is 0.493 e. The Morgan fingerprint density at radius 3 is 2.33 bits per heavy atom. The molecule has 0 spiro atoms. The number of nitrogens with zero attached hydrogens (tertiary/aromatic N) is 1. The molecule has 0 atom stereocenters. The summed E-state index contributed by atoms with van der Waals surface area (Å²) in [5.41, 5.74) is 3.39. The van der Waals surface area contributed by atoms with Crippen LogP contribution in [0.2, 0.25) is 0 Å². The topological polar surface area (TPSA) is 21.6 Å². The summed E-state index contributed by atoms with van der Waals surface area (Å²) in [6.07, 6.45) is 13.2. The molecular formula is C25H35NO. The van der Waals surface area contributed by atoms with E-state index in [9.17, 15) is 0 Å². The van der Waals surface area contributed by atoms with Gasteiger partial charge >= 0.3 is 0 Å². The third-order valence-electron chi connectivity index (χ3n) is 4.77. The predicted molar refractivity (Wildman–Crippen MR) is 118 cm³/mol. The average Bonchev–Trinajstić information content (AvgIpc) is 2.71. The van der Waals surface area contributed by atoms with E-state index in [-0.39, 0.29) is 0 Å². The first kappa shape index (κ1) is 21.2. The van der Waals surface area contributed by atoms with Crippen LogP contribution >= 0.6 is 0 Å². The van der Waals surface area contributed by atoms with Gasteiger partial charge in [0.2, 0.25) is 0 Å². The van der Waals surface area contributed by atoms with Crippen molar-refractivity contribution in [1.29, 1.82) is 0 Å². The molecule has 0 unspecified atom stereocenters. The summed E-state index contributed by atoms with van der Waals surface area (Å²) in [5.74, 6) is 1.01. The lowest BCUT2D eigenvalue weighted by atomic mass is 10.0. The Balaban J connectivity index is 1.98. The summed E-state index contributed by atoms with van der Waals surface area (Å²) in [5, 5.41) is 0. The predicted octanol–water partition coefficient (Wildman–Crippen LogP) is 7.52. The molecule has 0 saturated heterocycles. The second kappa shape index (κ2) is 13.1. The lowest BCUT2D eigenvalue weighted by Gasteiger charge is -2.12. The van der Waals surface area contributed by atoms with Crippen molar-refractivity contribution in [3.63, 3.8) is 0 Å². The number of rotatable bonds is 13. The van der Waals surface area contributed by atoms with Crippen LogP contribution in [0.15, 0.2) is 53.5 Å². The number of hydrogen-bond donors (Lipinski definition) is 0. The van der Waals surface area contributed by atoms with Gasteiger partial charge in [-0.3, -0.25) is 4.99 Å². The lowest BCUT2D eigenvalue weighted by Crippen LogP contribution is -2.00. The van der Waals surface area contributed by atoms with Gasteiger partial charge in [0.1, 0.15) is 5.75 Å². The maximum absolute atomic E-state index is 6.09. The van der Waals surface area contributed by atoms with Crippen molar-refractivity contribution in [2.45, 2.75) is 71.6 Å². The molecule has 2 aromatic rings. The summed E-state index contributed by atoms with van der Waals surface area (Å²) >= 11 is 0. The van der Waals surface area contributed by atoms with Gasteiger partial charge in [-0.05, 0) is 36.5 Å². The number of ether oxygens (including phenoxy) is 1. The molecule has 0 aliphatic carbocycles. The monoisotopic (exact) mass is 365 g/mol. The number of unbranched alkanes of at least 4 members (excludes halogenated alkanes) is 6. The van der Waals surface area contributed by atoms with Gasteiger partial charge in [-0.1, -0.05) is 88.8 Å². The quantitative estimate of drug-likeness (QED) is 0.266. The molecule has 0 saturated carbocycles. The average molecular weight is 366 g/mol. The smallest absolute Gasteiger partial charge is 0.124 e. The summed E-state index contributed by atoms with van der Waals surface area (Å²) in [4.78, 5) is 4.63. The minimum absolute atomic E-state index is 0.784. The second-order valence-electron chi connectivity index (χ2n) is 7.18. The Hall–Kier alpha value is -2.09. The highest BCUT2D eigenvalue weighted by atomic mass is 16.5. The van der Waals surface area contributed by atoms with Crippen molar-refractivity contribution in [3.8, 4) is 5.75 Å². The van der Waals surface area contributed by atoms with Gasteiger partial charge in [-0.15, -0.1) is 0 Å². The molecule has 0 aliphatic rings. The molecule has 0 heterocycles. The van der Waals surface area contributed by atoms with Gasteiger partial charge in [0, 0.05) is 12.3 Å². The molecule has 0 radical (unpaired) electrons. The van der Waals surface area contributed by atoms with Crippen LogP contribution in [0.3, 0.4) is 0 Å². The van der Waals surface area contributed by atoms with Gasteiger partial charge in [0.15, 0.2) is 0 Å². The summed E-state index contributed by atoms with van der Waals surface area (Å²) in [6, 6.07) is 16.6. The number of aliphatic imine (C=N–C) groups is 1. The van der Waals surface area contributed by atoms with Crippen LogP contribution in [0.4, 0.5) is 5.69 Å². The fourth-order valence-corrected chi connectivity index (χ4v) is 3.07. The molecule has 0 aromatic heterocycles. The van der Waals surface area contributed by atoms with Crippen LogP contribution in [0.25, 0.3) is 0 Å². The first-order valence-corrected chi connectivity index (χ1v) is 10.7. The molecule has 0 N–H and O–H groups in total. The van der Waals surface area contributed by atoms with E-state index >= 15 is 0 Å². The summed E-state index contributed by atoms with van der Waals surface area (Å²) in [6.45, 7) is 5.24. The van der Waals surface area contributed by atoms with Crippen LogP contribution in [0.5, 0.6) is 5.75 Å². The standard InChI is InChI=1S/C25H35NO/c1-3-5-7-8-9-13-16-23-17-18-24(20-25(23)27-19-6-4-2)26-21-22-14-11-10-12-15-22/h10-12,14-15,17-18,20-21H,3-9,13,16,19H2,1-2H3. The lowest BCUT2D eigenvalue weighted by molar-refractivity contribution is 0.306. The molecule has 27 heavy (non-hydrogen) atoms. The van der Waals surface area contributed by atoms with E-state index in [1.807, 2.05) is 24.4 Å². The van der Waals surface area contributed by atoms with E-state index in [4.69, 9.17) is 4.74 Å². The Morgan fingerprint density at radius 2 is 1.56 bits per heavy atom. The van der Waals surface area contributed by atoms with E-state index < -0.39 is 0 Å². The highest BCUT2D eigenvalue weighted by Gasteiger charge is 2.06. The van der Waals surface area contributed by atoms with E-state index in [0.717, 1.165) is 42.9 Å². The number of hydrogen-bond acceptors (Lipinski definition) is 2. The molecule has 2 nitrogen and oxygen atoms in total. The SMILES string of the molecule is CCCCCCCCc1ccc(N=Cc2ccccc2)cc1OCCCC. The molecule has 2 heteroatoms. The van der Waals surface area contributed by atoms with E-state index in [1.54, 1.807) is 0 Å². The third kappa shape index (κ3) is 8.43. The van der Waals surface area contributed by atoms with Crippen LogP contribution in [-0.2, 0) is 6.42 Å². The van der Waals surface area contributed by atoms with E-state index in [2.05, 4.69) is 49.2 Å². The van der Waals surface area contributed by atoms with Gasteiger partial charge in [0.05, 0.1) is 12.3 Å². The van der Waals surface area contributed by atoms with Gasteiger partial charge in [0.25, 0.3) is 0 Å². The fourth-order valence-electron chi connectivity index (χ4n) is 3.07. The molecule has 146 valence electrons. The van der Waals surface area contributed by atoms with Crippen LogP contribution in [-0.4, -0.2) is 12.8 Å². The van der Waals surface area contributed by atoms with Gasteiger partial charge in [-0.2, -0.15) is 0 Å². The Kier molecular flexibility index (Phi) is 10.3. The molecule has 0 fully saturated rings. The Morgan fingerprint density at radius 1 is 0.815 bits per heavy atom. The summed E-state index contributed by atoms with van der Waals surface area (Å²) < 4.78 is 6.09. The highest BCUT2D eigenvalue weighted by molar-refractivity contribution is 5.81. The second-order valence-corrected chi connectivity index (χ2v) is 7.18. The van der Waals surface area contributed by atoms with E-state index in [0.29, 0.717) is 0 Å². The van der Waals surface area contributed by atoms with E-state index in [1.165, 1.54) is 44.1 Å². The van der Waals surface area contributed by atoms with Crippen LogP contribution < -0.4 is 4.74 Å². The molecule has 2 rings (SSSR count). The minimum atomic E-state index is 0.784. The molecule has 0 amide bonds. The van der Waals surface area contributed by atoms with Crippen molar-refractivity contribution in [2.75, 3.05) is 6.61 Å². The third-order valence-corrected chi connectivity index (χ3v) is 4.77. The first-order valence-electron chi connectivity index (χ1n) is 10.7. The minimum Gasteiger partial charge on any atom is -0.493 e. The normalized spacial score (nSPS) is 11.2.